The molecule has 0 atom stereocenters. The fourth-order valence-electron chi connectivity index (χ4n) is 2.79. The monoisotopic (exact) mass is 304 g/mol. The molecule has 22 heavy (non-hydrogen) atoms. The number of hydrogen-bond acceptors (Lipinski definition) is 3. The van der Waals surface area contributed by atoms with Gasteiger partial charge in [0.1, 0.15) is 0 Å². The molecule has 1 saturated carbocycles. The predicted molar refractivity (Wildman–Crippen MR) is 84.4 cm³/mol. The highest BCUT2D eigenvalue weighted by atomic mass is 16.3. The maximum absolute atomic E-state index is 12.1. The number of likely N-dealkylation sites (N-methyl/N-ethyl adjacent to an activating group) is 1. The van der Waals surface area contributed by atoms with Crippen molar-refractivity contribution < 1.29 is 14.7 Å². The van der Waals surface area contributed by atoms with Crippen LogP contribution in [0.1, 0.15) is 42.5 Å². The van der Waals surface area contributed by atoms with Crippen LogP contribution in [0.4, 0.5) is 0 Å². The van der Waals surface area contributed by atoms with Crippen LogP contribution in [0.3, 0.4) is 0 Å². The Hall–Kier alpha value is -1.88. The molecule has 2 N–H and O–H groups in total. The SMILES string of the molecule is CN(CC(=O)NCC1(O)CCCCC1)C(=O)c1ccccc1. The summed E-state index contributed by atoms with van der Waals surface area (Å²) in [6, 6.07) is 8.87. The Morgan fingerprint density at radius 3 is 2.45 bits per heavy atom. The van der Waals surface area contributed by atoms with Gasteiger partial charge in [-0.1, -0.05) is 37.5 Å². The Bertz CT molecular complexity index is 510. The molecule has 0 aromatic heterocycles. The lowest BCUT2D eigenvalue weighted by Crippen LogP contribution is -2.47. The fraction of sp³-hybridized carbons (Fsp3) is 0.529. The topological polar surface area (TPSA) is 69.6 Å². The third-order valence-electron chi connectivity index (χ3n) is 4.15. The average Bonchev–Trinajstić information content (AvgIpc) is 2.54. The summed E-state index contributed by atoms with van der Waals surface area (Å²) >= 11 is 0. The Morgan fingerprint density at radius 1 is 1.18 bits per heavy atom. The molecule has 2 amide bonds. The van der Waals surface area contributed by atoms with Crippen molar-refractivity contribution in [1.29, 1.82) is 0 Å². The highest BCUT2D eigenvalue weighted by molar-refractivity contribution is 5.96. The lowest BCUT2D eigenvalue weighted by Gasteiger charge is -2.32. The quantitative estimate of drug-likeness (QED) is 0.867. The summed E-state index contributed by atoms with van der Waals surface area (Å²) in [6.45, 7) is 0.253. The average molecular weight is 304 g/mol. The first kappa shape index (κ1) is 16.5. The molecular weight excluding hydrogens is 280 g/mol. The van der Waals surface area contributed by atoms with Crippen LogP contribution in [0, 0.1) is 0 Å². The summed E-state index contributed by atoms with van der Waals surface area (Å²) in [7, 11) is 1.60. The van der Waals surface area contributed by atoms with E-state index in [1.54, 1.807) is 31.3 Å². The normalized spacial score (nSPS) is 16.8. The summed E-state index contributed by atoms with van der Waals surface area (Å²) in [5.41, 5.74) is -0.223. The van der Waals surface area contributed by atoms with Crippen molar-refractivity contribution in [1.82, 2.24) is 10.2 Å². The van der Waals surface area contributed by atoms with Crippen LogP contribution in [0.5, 0.6) is 0 Å². The molecular formula is C17H24N2O3. The van der Waals surface area contributed by atoms with Crippen molar-refractivity contribution in [3.8, 4) is 0 Å². The van der Waals surface area contributed by atoms with Gasteiger partial charge in [0.25, 0.3) is 5.91 Å². The number of nitrogens with zero attached hydrogens (tertiary/aromatic N) is 1. The van der Waals surface area contributed by atoms with Gasteiger partial charge in [-0.2, -0.15) is 0 Å². The van der Waals surface area contributed by atoms with Crippen molar-refractivity contribution in [2.45, 2.75) is 37.7 Å². The third-order valence-corrected chi connectivity index (χ3v) is 4.15. The van der Waals surface area contributed by atoms with E-state index in [0.717, 1.165) is 32.1 Å². The first-order chi connectivity index (χ1) is 10.5. The third kappa shape index (κ3) is 4.56. The van der Waals surface area contributed by atoms with E-state index >= 15 is 0 Å². The molecule has 120 valence electrons. The van der Waals surface area contributed by atoms with E-state index in [0.29, 0.717) is 5.56 Å². The van der Waals surface area contributed by atoms with Crippen LogP contribution in [0.25, 0.3) is 0 Å². The highest BCUT2D eigenvalue weighted by Crippen LogP contribution is 2.27. The van der Waals surface area contributed by atoms with E-state index in [-0.39, 0.29) is 24.9 Å². The number of hydrogen-bond donors (Lipinski definition) is 2. The van der Waals surface area contributed by atoms with Gasteiger partial charge in [-0.05, 0) is 25.0 Å². The molecule has 1 aliphatic rings. The Kier molecular flexibility index (Phi) is 5.55. The first-order valence-corrected chi connectivity index (χ1v) is 7.80. The van der Waals surface area contributed by atoms with E-state index in [1.807, 2.05) is 6.07 Å². The zero-order valence-electron chi connectivity index (χ0n) is 13.0. The van der Waals surface area contributed by atoms with E-state index in [1.165, 1.54) is 4.90 Å². The van der Waals surface area contributed by atoms with Crippen LogP contribution in [-0.2, 0) is 4.79 Å². The first-order valence-electron chi connectivity index (χ1n) is 7.80. The molecule has 1 fully saturated rings. The van der Waals surface area contributed by atoms with Gasteiger partial charge in [0, 0.05) is 19.2 Å². The van der Waals surface area contributed by atoms with Crippen molar-refractivity contribution in [3.05, 3.63) is 35.9 Å². The van der Waals surface area contributed by atoms with Gasteiger partial charge in [-0.15, -0.1) is 0 Å². The second-order valence-electron chi connectivity index (χ2n) is 6.09. The van der Waals surface area contributed by atoms with Crippen molar-refractivity contribution in [3.63, 3.8) is 0 Å². The van der Waals surface area contributed by atoms with Crippen LogP contribution < -0.4 is 5.32 Å². The molecule has 5 nitrogen and oxygen atoms in total. The van der Waals surface area contributed by atoms with Gasteiger partial charge in [0.15, 0.2) is 0 Å². The minimum atomic E-state index is -0.782. The smallest absolute Gasteiger partial charge is 0.254 e. The summed E-state index contributed by atoms with van der Waals surface area (Å²) in [5, 5.41) is 13.1. The fourth-order valence-corrected chi connectivity index (χ4v) is 2.79. The lowest BCUT2D eigenvalue weighted by molar-refractivity contribution is -0.123. The van der Waals surface area contributed by atoms with Crippen LogP contribution in [-0.4, -0.2) is 47.6 Å². The number of carbonyl (C=O) groups excluding carboxylic acids is 2. The molecule has 0 heterocycles. The molecule has 5 heteroatoms. The van der Waals surface area contributed by atoms with Gasteiger partial charge < -0.3 is 15.3 Å². The van der Waals surface area contributed by atoms with Crippen molar-refractivity contribution in [2.24, 2.45) is 0 Å². The summed E-state index contributed by atoms with van der Waals surface area (Å²) in [4.78, 5) is 25.5. The van der Waals surface area contributed by atoms with E-state index in [9.17, 15) is 14.7 Å². The lowest BCUT2D eigenvalue weighted by atomic mass is 9.85. The molecule has 1 aliphatic carbocycles. The van der Waals surface area contributed by atoms with Crippen molar-refractivity contribution in [2.75, 3.05) is 20.1 Å². The van der Waals surface area contributed by atoms with Gasteiger partial charge in [0.05, 0.1) is 12.1 Å². The molecule has 0 spiro atoms. The number of benzene rings is 1. The molecule has 2 rings (SSSR count). The predicted octanol–water partition coefficient (Wildman–Crippen LogP) is 1.57. The van der Waals surface area contributed by atoms with E-state index in [4.69, 9.17) is 0 Å². The standard InChI is InChI=1S/C17H24N2O3/c1-19(16(21)14-8-4-2-5-9-14)12-15(20)18-13-17(22)10-6-3-7-11-17/h2,4-5,8-9,22H,3,6-7,10-13H2,1H3,(H,18,20). The maximum atomic E-state index is 12.1. The summed E-state index contributed by atoms with van der Waals surface area (Å²) < 4.78 is 0. The van der Waals surface area contributed by atoms with Gasteiger partial charge in [-0.25, -0.2) is 0 Å². The van der Waals surface area contributed by atoms with Gasteiger partial charge in [0.2, 0.25) is 5.91 Å². The number of rotatable bonds is 5. The Balaban J connectivity index is 1.80. The summed E-state index contributed by atoms with van der Waals surface area (Å²) in [5.74, 6) is -0.432. The second-order valence-corrected chi connectivity index (χ2v) is 6.09. The highest BCUT2D eigenvalue weighted by Gasteiger charge is 2.29. The van der Waals surface area contributed by atoms with E-state index in [2.05, 4.69) is 5.32 Å². The molecule has 0 unspecified atom stereocenters. The Morgan fingerprint density at radius 2 is 1.82 bits per heavy atom. The zero-order chi connectivity index (χ0) is 16.0. The van der Waals surface area contributed by atoms with Crippen LogP contribution >= 0.6 is 0 Å². The molecule has 1 aromatic carbocycles. The molecule has 0 radical (unpaired) electrons. The van der Waals surface area contributed by atoms with Gasteiger partial charge >= 0.3 is 0 Å². The zero-order valence-corrected chi connectivity index (χ0v) is 13.0. The molecule has 0 saturated heterocycles. The van der Waals surface area contributed by atoms with Gasteiger partial charge in [-0.3, -0.25) is 9.59 Å². The molecule has 0 bridgehead atoms. The number of carbonyl (C=O) groups is 2. The minimum absolute atomic E-state index is 0.0101. The number of nitrogens with one attached hydrogen (secondary N) is 1. The van der Waals surface area contributed by atoms with E-state index < -0.39 is 5.60 Å². The number of amides is 2. The molecule has 1 aromatic rings. The maximum Gasteiger partial charge on any atom is 0.254 e. The second kappa shape index (κ2) is 7.40. The molecule has 0 aliphatic heterocycles. The van der Waals surface area contributed by atoms with Crippen molar-refractivity contribution >= 4 is 11.8 Å². The summed E-state index contributed by atoms with van der Waals surface area (Å²) in [6.07, 6.45) is 4.60. The Labute approximate surface area is 131 Å². The minimum Gasteiger partial charge on any atom is -0.388 e. The van der Waals surface area contributed by atoms with Crippen LogP contribution in [0.2, 0.25) is 0 Å². The number of aliphatic hydroxyl groups is 1. The van der Waals surface area contributed by atoms with Crippen LogP contribution in [0.15, 0.2) is 30.3 Å². The largest absolute Gasteiger partial charge is 0.388 e.